The van der Waals surface area contributed by atoms with Gasteiger partial charge < -0.3 is 5.11 Å². The van der Waals surface area contributed by atoms with Crippen LogP contribution in [0.15, 0.2) is 42.7 Å². The van der Waals surface area contributed by atoms with Gasteiger partial charge in [0.05, 0.1) is 0 Å². The summed E-state index contributed by atoms with van der Waals surface area (Å²) in [6, 6.07) is 7.83. The Morgan fingerprint density at radius 3 is 2.86 bits per heavy atom. The van der Waals surface area contributed by atoms with Crippen molar-refractivity contribution in [3.05, 3.63) is 48.3 Å². The minimum absolute atomic E-state index is 0.0722. The van der Waals surface area contributed by atoms with E-state index >= 15 is 0 Å². The van der Waals surface area contributed by atoms with Crippen LogP contribution in [0.25, 0.3) is 0 Å². The Balaban J connectivity index is 2.37. The van der Waals surface area contributed by atoms with Crippen molar-refractivity contribution >= 4 is 5.91 Å². The van der Waals surface area contributed by atoms with Gasteiger partial charge >= 0.3 is 0 Å². The fourth-order valence-corrected chi connectivity index (χ4v) is 1.16. The summed E-state index contributed by atoms with van der Waals surface area (Å²) in [7, 11) is 0. The summed E-state index contributed by atoms with van der Waals surface area (Å²) in [5.74, 6) is -0.186. The fraction of sp³-hybridized carbons (Fsp3) is 0. The molecule has 14 heavy (non-hydrogen) atoms. The number of aromatic nitrogens is 2. The zero-order valence-corrected chi connectivity index (χ0v) is 7.29. The van der Waals surface area contributed by atoms with Gasteiger partial charge in [0.1, 0.15) is 5.75 Å². The SMILES string of the molecule is O=C(c1cccc(O)c1)n1cccn1. The van der Waals surface area contributed by atoms with Crippen molar-refractivity contribution in [3.8, 4) is 5.75 Å². The molecule has 0 atom stereocenters. The summed E-state index contributed by atoms with van der Waals surface area (Å²) in [5.41, 5.74) is 0.411. The molecule has 0 fully saturated rings. The third-order valence-electron chi connectivity index (χ3n) is 1.81. The van der Waals surface area contributed by atoms with Gasteiger partial charge in [-0.3, -0.25) is 4.79 Å². The van der Waals surface area contributed by atoms with Crippen molar-refractivity contribution < 1.29 is 9.90 Å². The van der Waals surface area contributed by atoms with Crippen molar-refractivity contribution in [2.24, 2.45) is 0 Å². The van der Waals surface area contributed by atoms with Gasteiger partial charge in [0, 0.05) is 18.0 Å². The predicted molar refractivity (Wildman–Crippen MR) is 50.1 cm³/mol. The molecule has 70 valence electrons. The van der Waals surface area contributed by atoms with Gasteiger partial charge in [-0.1, -0.05) is 6.07 Å². The van der Waals surface area contributed by atoms with E-state index in [9.17, 15) is 9.90 Å². The first-order valence-electron chi connectivity index (χ1n) is 4.11. The molecule has 0 aliphatic carbocycles. The van der Waals surface area contributed by atoms with Crippen molar-refractivity contribution in [1.29, 1.82) is 0 Å². The van der Waals surface area contributed by atoms with E-state index in [1.54, 1.807) is 24.4 Å². The molecule has 1 heterocycles. The highest BCUT2D eigenvalue weighted by atomic mass is 16.3. The van der Waals surface area contributed by atoms with Crippen molar-refractivity contribution in [2.45, 2.75) is 0 Å². The van der Waals surface area contributed by atoms with Gasteiger partial charge in [0.25, 0.3) is 5.91 Å². The van der Waals surface area contributed by atoms with Crippen molar-refractivity contribution in [1.82, 2.24) is 9.78 Å². The maximum Gasteiger partial charge on any atom is 0.278 e. The molecule has 2 aromatic rings. The van der Waals surface area contributed by atoms with E-state index in [2.05, 4.69) is 5.10 Å². The molecule has 0 aliphatic heterocycles. The zero-order valence-electron chi connectivity index (χ0n) is 7.29. The van der Waals surface area contributed by atoms with Crippen molar-refractivity contribution in [3.63, 3.8) is 0 Å². The van der Waals surface area contributed by atoms with Crippen molar-refractivity contribution in [2.75, 3.05) is 0 Å². The third-order valence-corrected chi connectivity index (χ3v) is 1.81. The summed E-state index contributed by atoms with van der Waals surface area (Å²) in [5, 5.41) is 13.0. The van der Waals surface area contributed by atoms with Crippen LogP contribution in [-0.2, 0) is 0 Å². The maximum absolute atomic E-state index is 11.6. The molecule has 0 spiro atoms. The molecule has 0 radical (unpaired) electrons. The topological polar surface area (TPSA) is 55.1 Å². The molecule has 0 amide bonds. The Labute approximate surface area is 80.4 Å². The van der Waals surface area contributed by atoms with Crippen LogP contribution >= 0.6 is 0 Å². The zero-order chi connectivity index (χ0) is 9.97. The average molecular weight is 188 g/mol. The van der Waals surface area contributed by atoms with Crippen LogP contribution in [-0.4, -0.2) is 20.8 Å². The molecule has 4 heteroatoms. The number of rotatable bonds is 1. The lowest BCUT2D eigenvalue weighted by Gasteiger charge is -2.00. The number of phenols is 1. The van der Waals surface area contributed by atoms with Crippen LogP contribution in [0.3, 0.4) is 0 Å². The summed E-state index contributed by atoms with van der Waals surface area (Å²) in [6.07, 6.45) is 3.09. The minimum atomic E-state index is -0.258. The van der Waals surface area contributed by atoms with E-state index in [0.29, 0.717) is 5.56 Å². The molecule has 1 aromatic carbocycles. The molecular weight excluding hydrogens is 180 g/mol. The lowest BCUT2D eigenvalue weighted by molar-refractivity contribution is 0.0944. The second kappa shape index (κ2) is 3.33. The van der Waals surface area contributed by atoms with E-state index in [1.165, 1.54) is 23.0 Å². The fourth-order valence-electron chi connectivity index (χ4n) is 1.16. The number of hydrogen-bond donors (Lipinski definition) is 1. The Kier molecular flexibility index (Phi) is 2.02. The molecule has 2 rings (SSSR count). The Morgan fingerprint density at radius 2 is 2.21 bits per heavy atom. The normalized spacial score (nSPS) is 10.0. The second-order valence-electron chi connectivity index (χ2n) is 2.81. The minimum Gasteiger partial charge on any atom is -0.508 e. The van der Waals surface area contributed by atoms with Crippen LogP contribution in [0.4, 0.5) is 0 Å². The van der Waals surface area contributed by atoms with Crippen LogP contribution < -0.4 is 0 Å². The van der Waals surface area contributed by atoms with Gasteiger partial charge in [-0.25, -0.2) is 4.68 Å². The molecule has 0 unspecified atom stereocenters. The summed E-state index contributed by atoms with van der Waals surface area (Å²) >= 11 is 0. The molecule has 4 nitrogen and oxygen atoms in total. The number of aromatic hydroxyl groups is 1. The van der Waals surface area contributed by atoms with Crippen LogP contribution in [0.5, 0.6) is 5.75 Å². The average Bonchev–Trinajstić information content (AvgIpc) is 2.69. The molecule has 0 bridgehead atoms. The van der Waals surface area contributed by atoms with Crippen LogP contribution in [0.1, 0.15) is 10.4 Å². The summed E-state index contributed by atoms with van der Waals surface area (Å²) in [4.78, 5) is 11.6. The largest absolute Gasteiger partial charge is 0.508 e. The maximum atomic E-state index is 11.6. The molecule has 1 N–H and O–H groups in total. The Hall–Kier alpha value is -2.10. The van der Waals surface area contributed by atoms with Gasteiger partial charge in [0.2, 0.25) is 0 Å². The second-order valence-corrected chi connectivity index (χ2v) is 2.81. The standard InChI is InChI=1S/C10H8N2O2/c13-9-4-1-3-8(7-9)10(14)12-6-2-5-11-12/h1-7,13H. The number of carbonyl (C=O) groups is 1. The van der Waals surface area contributed by atoms with E-state index in [0.717, 1.165) is 0 Å². The van der Waals surface area contributed by atoms with Crippen LogP contribution in [0, 0.1) is 0 Å². The Morgan fingerprint density at radius 1 is 1.36 bits per heavy atom. The molecule has 0 saturated heterocycles. The quantitative estimate of drug-likeness (QED) is 0.733. The first-order chi connectivity index (χ1) is 6.77. The highest BCUT2D eigenvalue weighted by Gasteiger charge is 2.07. The van der Waals surface area contributed by atoms with Gasteiger partial charge in [-0.2, -0.15) is 5.10 Å². The first kappa shape index (κ1) is 8.50. The number of benzene rings is 1. The Bertz CT molecular complexity index is 449. The van der Waals surface area contributed by atoms with E-state index < -0.39 is 0 Å². The smallest absolute Gasteiger partial charge is 0.278 e. The highest BCUT2D eigenvalue weighted by molar-refractivity contribution is 5.95. The van der Waals surface area contributed by atoms with E-state index in [4.69, 9.17) is 0 Å². The van der Waals surface area contributed by atoms with Gasteiger partial charge in [0.15, 0.2) is 0 Å². The highest BCUT2D eigenvalue weighted by Crippen LogP contribution is 2.11. The summed E-state index contributed by atoms with van der Waals surface area (Å²) < 4.78 is 1.22. The number of phenolic OH excluding ortho intramolecular Hbond substituents is 1. The lowest BCUT2D eigenvalue weighted by atomic mass is 10.2. The van der Waals surface area contributed by atoms with Crippen LogP contribution in [0.2, 0.25) is 0 Å². The van der Waals surface area contributed by atoms with Gasteiger partial charge in [-0.05, 0) is 24.3 Å². The van der Waals surface area contributed by atoms with E-state index in [-0.39, 0.29) is 11.7 Å². The number of nitrogens with zero attached hydrogens (tertiary/aromatic N) is 2. The number of hydrogen-bond acceptors (Lipinski definition) is 3. The molecule has 0 aliphatic rings. The van der Waals surface area contributed by atoms with E-state index in [1.807, 2.05) is 0 Å². The number of carbonyl (C=O) groups excluding carboxylic acids is 1. The predicted octanol–water partition coefficient (Wildman–Crippen LogP) is 1.28. The first-order valence-corrected chi connectivity index (χ1v) is 4.11. The molecular formula is C10H8N2O2. The lowest BCUT2D eigenvalue weighted by Crippen LogP contribution is -2.11. The summed E-state index contributed by atoms with van der Waals surface area (Å²) in [6.45, 7) is 0. The molecule has 1 aromatic heterocycles. The monoisotopic (exact) mass is 188 g/mol. The van der Waals surface area contributed by atoms with Gasteiger partial charge in [-0.15, -0.1) is 0 Å². The third kappa shape index (κ3) is 1.50. The molecule has 0 saturated carbocycles.